The predicted octanol–water partition coefficient (Wildman–Crippen LogP) is 5.68. The molecule has 0 radical (unpaired) electrons. The van der Waals surface area contributed by atoms with Crippen molar-refractivity contribution in [3.8, 4) is 11.8 Å². The molecule has 22 heavy (non-hydrogen) atoms. The fourth-order valence-electron chi connectivity index (χ4n) is 2.13. The summed E-state index contributed by atoms with van der Waals surface area (Å²) in [6, 6.07) is 17.1. The number of allylic oxidation sites excluding steroid dienone is 2. The van der Waals surface area contributed by atoms with Crippen molar-refractivity contribution in [3.05, 3.63) is 82.9 Å². The second-order valence-electron chi connectivity index (χ2n) is 5.36. The van der Waals surface area contributed by atoms with Gasteiger partial charge in [0.25, 0.3) is 0 Å². The van der Waals surface area contributed by atoms with E-state index in [-0.39, 0.29) is 0 Å². The summed E-state index contributed by atoms with van der Waals surface area (Å²) in [5, 5.41) is 0. The molecule has 2 aromatic carbocycles. The van der Waals surface area contributed by atoms with E-state index in [1.807, 2.05) is 24.3 Å². The van der Waals surface area contributed by atoms with Crippen LogP contribution in [0.15, 0.2) is 60.7 Å². The topological polar surface area (TPSA) is 0 Å². The van der Waals surface area contributed by atoms with E-state index in [2.05, 4.69) is 74.2 Å². The summed E-state index contributed by atoms with van der Waals surface area (Å²) in [5.74, 6) is 6.07. The van der Waals surface area contributed by atoms with Crippen molar-refractivity contribution in [1.82, 2.24) is 0 Å². The molecule has 0 aliphatic rings. The number of hydrogen-bond acceptors (Lipinski definition) is 0. The molecule has 0 fully saturated rings. The number of benzene rings is 2. The highest BCUT2D eigenvalue weighted by Gasteiger charge is 1.90. The first-order chi connectivity index (χ1) is 10.8. The van der Waals surface area contributed by atoms with Crippen LogP contribution in [0.2, 0.25) is 0 Å². The van der Waals surface area contributed by atoms with Crippen molar-refractivity contribution >= 4 is 12.2 Å². The lowest BCUT2D eigenvalue weighted by Gasteiger charge is -1.98. The summed E-state index contributed by atoms with van der Waals surface area (Å²) in [7, 11) is 0. The van der Waals surface area contributed by atoms with Crippen molar-refractivity contribution in [2.24, 2.45) is 0 Å². The average molecular weight is 286 g/mol. The van der Waals surface area contributed by atoms with Crippen LogP contribution in [-0.2, 0) is 6.42 Å². The lowest BCUT2D eigenvalue weighted by molar-refractivity contribution is 0.922. The molecule has 0 saturated carbocycles. The van der Waals surface area contributed by atoms with Gasteiger partial charge in [-0.2, -0.15) is 0 Å². The fraction of sp³-hybridized carbons (Fsp3) is 0.182. The molecule has 0 heterocycles. The number of rotatable bonds is 4. The van der Waals surface area contributed by atoms with Gasteiger partial charge < -0.3 is 0 Å². The minimum atomic E-state index is 1.15. The van der Waals surface area contributed by atoms with E-state index in [1.165, 1.54) is 28.7 Å². The van der Waals surface area contributed by atoms with Gasteiger partial charge in [-0.15, -0.1) is 0 Å². The van der Waals surface area contributed by atoms with E-state index in [1.54, 1.807) is 0 Å². The fourth-order valence-corrected chi connectivity index (χ4v) is 2.13. The van der Waals surface area contributed by atoms with E-state index >= 15 is 0 Å². The molecule has 110 valence electrons. The molecule has 0 aromatic heterocycles. The van der Waals surface area contributed by atoms with Gasteiger partial charge in [-0.25, -0.2) is 0 Å². The standard InChI is InChI=1S/C22H22/c1-3-8-20-15-17-22(18-16-20)10-7-5-4-6-9-21-13-11-19(2)12-14-21/h6-7,9-18H,3,8H2,1-2H3. The van der Waals surface area contributed by atoms with E-state index in [0.717, 1.165) is 6.42 Å². The molecule has 0 heteroatoms. The first-order valence-corrected chi connectivity index (χ1v) is 7.77. The normalized spacial score (nSPS) is 10.8. The van der Waals surface area contributed by atoms with Crippen LogP contribution in [0.5, 0.6) is 0 Å². The Kier molecular flexibility index (Phi) is 6.27. The van der Waals surface area contributed by atoms with Gasteiger partial charge in [-0.1, -0.05) is 79.3 Å². The maximum Gasteiger partial charge on any atom is -0.0109 e. The van der Waals surface area contributed by atoms with Gasteiger partial charge in [0.2, 0.25) is 0 Å². The molecule has 0 aliphatic carbocycles. The van der Waals surface area contributed by atoms with Gasteiger partial charge in [-0.05, 0) is 54.3 Å². The highest BCUT2D eigenvalue weighted by atomic mass is 14.0. The second-order valence-corrected chi connectivity index (χ2v) is 5.36. The summed E-state index contributed by atoms with van der Waals surface area (Å²) in [6.07, 6.45) is 10.2. The van der Waals surface area contributed by atoms with E-state index < -0.39 is 0 Å². The van der Waals surface area contributed by atoms with Crippen LogP contribution in [-0.4, -0.2) is 0 Å². The van der Waals surface area contributed by atoms with Crippen LogP contribution < -0.4 is 0 Å². The molecule has 0 spiro atoms. The summed E-state index contributed by atoms with van der Waals surface area (Å²) in [4.78, 5) is 0. The molecule has 2 rings (SSSR count). The maximum absolute atomic E-state index is 3.04. The van der Waals surface area contributed by atoms with Gasteiger partial charge in [-0.3, -0.25) is 0 Å². The van der Waals surface area contributed by atoms with Crippen molar-refractivity contribution in [1.29, 1.82) is 0 Å². The zero-order valence-corrected chi connectivity index (χ0v) is 13.3. The molecular formula is C22H22. The van der Waals surface area contributed by atoms with E-state index in [4.69, 9.17) is 0 Å². The molecule has 0 unspecified atom stereocenters. The third kappa shape index (κ3) is 5.46. The smallest absolute Gasteiger partial charge is 0.0109 e. The Labute approximate surface area is 134 Å². The van der Waals surface area contributed by atoms with Crippen LogP contribution in [0.1, 0.15) is 35.6 Å². The SMILES string of the molecule is CCCc1ccc(C=CC#CC=Cc2ccc(C)cc2)cc1. The van der Waals surface area contributed by atoms with Gasteiger partial charge in [0.05, 0.1) is 0 Å². The minimum Gasteiger partial charge on any atom is -0.0702 e. The Bertz CT molecular complexity index is 686. The first kappa shape index (κ1) is 15.9. The Morgan fingerprint density at radius 3 is 1.77 bits per heavy atom. The highest BCUT2D eigenvalue weighted by molar-refractivity contribution is 5.56. The van der Waals surface area contributed by atoms with Crippen LogP contribution >= 0.6 is 0 Å². The molecule has 0 amide bonds. The zero-order valence-electron chi connectivity index (χ0n) is 13.3. The van der Waals surface area contributed by atoms with Gasteiger partial charge in [0.1, 0.15) is 0 Å². The summed E-state index contributed by atoms with van der Waals surface area (Å²) in [6.45, 7) is 4.29. The predicted molar refractivity (Wildman–Crippen MR) is 97.5 cm³/mol. The molecule has 0 nitrogen and oxygen atoms in total. The van der Waals surface area contributed by atoms with E-state index in [9.17, 15) is 0 Å². The number of aryl methyl sites for hydroxylation is 2. The Morgan fingerprint density at radius 1 is 0.773 bits per heavy atom. The molecule has 2 aromatic rings. The Balaban J connectivity index is 1.88. The molecule has 0 saturated heterocycles. The van der Waals surface area contributed by atoms with Crippen molar-refractivity contribution in [3.63, 3.8) is 0 Å². The van der Waals surface area contributed by atoms with Crippen molar-refractivity contribution in [2.45, 2.75) is 26.7 Å². The molecule has 0 N–H and O–H groups in total. The van der Waals surface area contributed by atoms with Gasteiger partial charge >= 0.3 is 0 Å². The van der Waals surface area contributed by atoms with Crippen LogP contribution in [0, 0.1) is 18.8 Å². The zero-order chi connectivity index (χ0) is 15.6. The van der Waals surface area contributed by atoms with Crippen molar-refractivity contribution < 1.29 is 0 Å². The summed E-state index contributed by atoms with van der Waals surface area (Å²) in [5.41, 5.74) is 5.04. The Hall–Kier alpha value is -2.52. The Morgan fingerprint density at radius 2 is 1.27 bits per heavy atom. The quantitative estimate of drug-likeness (QED) is 0.634. The third-order valence-electron chi connectivity index (χ3n) is 3.40. The lowest BCUT2D eigenvalue weighted by atomic mass is 10.1. The molecular weight excluding hydrogens is 264 g/mol. The van der Waals surface area contributed by atoms with Crippen LogP contribution in [0.25, 0.3) is 12.2 Å². The lowest BCUT2D eigenvalue weighted by Crippen LogP contribution is -1.81. The number of hydrogen-bond donors (Lipinski definition) is 0. The highest BCUT2D eigenvalue weighted by Crippen LogP contribution is 2.08. The van der Waals surface area contributed by atoms with E-state index in [0.29, 0.717) is 0 Å². The second kappa shape index (κ2) is 8.70. The summed E-state index contributed by atoms with van der Waals surface area (Å²) >= 11 is 0. The van der Waals surface area contributed by atoms with Gasteiger partial charge in [0.15, 0.2) is 0 Å². The van der Waals surface area contributed by atoms with Crippen LogP contribution in [0.4, 0.5) is 0 Å². The first-order valence-electron chi connectivity index (χ1n) is 7.77. The average Bonchev–Trinajstić information content (AvgIpc) is 2.54. The largest absolute Gasteiger partial charge is 0.0702 e. The third-order valence-corrected chi connectivity index (χ3v) is 3.40. The molecule has 0 aliphatic heterocycles. The van der Waals surface area contributed by atoms with Crippen LogP contribution in [0.3, 0.4) is 0 Å². The van der Waals surface area contributed by atoms with Gasteiger partial charge in [0, 0.05) is 0 Å². The molecule has 0 bridgehead atoms. The summed E-state index contributed by atoms with van der Waals surface area (Å²) < 4.78 is 0. The minimum absolute atomic E-state index is 1.15. The maximum atomic E-state index is 3.04. The molecule has 0 atom stereocenters. The monoisotopic (exact) mass is 286 g/mol. The van der Waals surface area contributed by atoms with Crippen molar-refractivity contribution in [2.75, 3.05) is 0 Å².